The third-order valence-corrected chi connectivity index (χ3v) is 7.21. The molecule has 0 aliphatic carbocycles. The van der Waals surface area contributed by atoms with E-state index in [1.54, 1.807) is 17.4 Å². The van der Waals surface area contributed by atoms with Crippen LogP contribution in [-0.2, 0) is 16.6 Å². The largest absolute Gasteiger partial charge is 0.495 e. The molecule has 3 aromatic carbocycles. The summed E-state index contributed by atoms with van der Waals surface area (Å²) in [6.45, 7) is 0.144. The van der Waals surface area contributed by atoms with Crippen molar-refractivity contribution in [3.05, 3.63) is 88.8 Å². The fourth-order valence-electron chi connectivity index (χ4n) is 3.03. The molecule has 0 aliphatic heterocycles. The molecular formula is C23H19ClN2O3S2. The Morgan fingerprint density at radius 2 is 1.74 bits per heavy atom. The summed E-state index contributed by atoms with van der Waals surface area (Å²) in [4.78, 5) is 4.72. The van der Waals surface area contributed by atoms with Crippen molar-refractivity contribution in [1.82, 2.24) is 9.71 Å². The lowest BCUT2D eigenvalue weighted by Crippen LogP contribution is -2.23. The summed E-state index contributed by atoms with van der Waals surface area (Å²) < 4.78 is 33.2. The Morgan fingerprint density at radius 3 is 2.45 bits per heavy atom. The van der Waals surface area contributed by atoms with Gasteiger partial charge in [-0.2, -0.15) is 0 Å². The van der Waals surface area contributed by atoms with Crippen molar-refractivity contribution in [2.75, 3.05) is 7.11 Å². The number of methoxy groups -OCH3 is 1. The first-order valence-corrected chi connectivity index (χ1v) is 12.1. The number of rotatable bonds is 7. The quantitative estimate of drug-likeness (QED) is 0.380. The average Bonchev–Trinajstić information content (AvgIpc) is 3.29. The number of halogens is 1. The summed E-state index contributed by atoms with van der Waals surface area (Å²) in [6, 6.07) is 22.2. The Hall–Kier alpha value is -2.71. The lowest BCUT2D eigenvalue weighted by atomic mass is 10.1. The summed E-state index contributed by atoms with van der Waals surface area (Å²) in [5, 5.41) is 3.27. The lowest BCUT2D eigenvalue weighted by molar-refractivity contribution is 0.402. The van der Waals surface area contributed by atoms with Crippen molar-refractivity contribution in [2.24, 2.45) is 0 Å². The Kier molecular flexibility index (Phi) is 6.38. The van der Waals surface area contributed by atoms with Gasteiger partial charge in [-0.3, -0.25) is 0 Å². The van der Waals surface area contributed by atoms with Gasteiger partial charge in [-0.15, -0.1) is 11.3 Å². The molecule has 8 heteroatoms. The van der Waals surface area contributed by atoms with E-state index in [9.17, 15) is 8.42 Å². The Labute approximate surface area is 190 Å². The van der Waals surface area contributed by atoms with Gasteiger partial charge in [0.1, 0.15) is 15.7 Å². The van der Waals surface area contributed by atoms with Crippen LogP contribution in [-0.4, -0.2) is 20.5 Å². The summed E-state index contributed by atoms with van der Waals surface area (Å²) in [5.74, 6) is 0.241. The number of nitrogens with one attached hydrogen (secondary N) is 1. The zero-order valence-electron chi connectivity index (χ0n) is 16.6. The molecule has 1 N–H and O–H groups in total. The number of hydrogen-bond acceptors (Lipinski definition) is 5. The summed E-state index contributed by atoms with van der Waals surface area (Å²) in [5.41, 5.74) is 3.82. The van der Waals surface area contributed by atoms with Gasteiger partial charge in [0, 0.05) is 28.1 Å². The Bertz CT molecular complexity index is 1290. The van der Waals surface area contributed by atoms with Gasteiger partial charge in [-0.05, 0) is 23.8 Å². The second-order valence-corrected chi connectivity index (χ2v) is 9.75. The van der Waals surface area contributed by atoms with E-state index >= 15 is 0 Å². The number of hydrogen-bond donors (Lipinski definition) is 1. The van der Waals surface area contributed by atoms with E-state index in [1.165, 1.54) is 19.2 Å². The molecule has 0 spiro atoms. The maximum Gasteiger partial charge on any atom is 0.244 e. The highest BCUT2D eigenvalue weighted by Gasteiger charge is 2.19. The van der Waals surface area contributed by atoms with E-state index in [2.05, 4.69) is 4.72 Å². The molecule has 5 nitrogen and oxygen atoms in total. The van der Waals surface area contributed by atoms with Gasteiger partial charge in [0.25, 0.3) is 0 Å². The molecule has 0 unspecified atom stereocenters. The van der Waals surface area contributed by atoms with Crippen molar-refractivity contribution >= 4 is 33.0 Å². The van der Waals surface area contributed by atoms with Gasteiger partial charge in [0.2, 0.25) is 10.0 Å². The molecule has 1 heterocycles. The fourth-order valence-corrected chi connectivity index (χ4v) is 5.31. The molecule has 0 saturated carbocycles. The van der Waals surface area contributed by atoms with Gasteiger partial charge >= 0.3 is 0 Å². The third-order valence-electron chi connectivity index (χ3n) is 4.66. The van der Waals surface area contributed by atoms with Crippen LogP contribution >= 0.6 is 22.9 Å². The van der Waals surface area contributed by atoms with Crippen LogP contribution in [0, 0.1) is 0 Å². The zero-order chi connectivity index (χ0) is 21.8. The highest BCUT2D eigenvalue weighted by atomic mass is 35.5. The maximum atomic E-state index is 12.7. The van der Waals surface area contributed by atoms with Crippen LogP contribution in [0.3, 0.4) is 0 Å². The molecular weight excluding hydrogens is 452 g/mol. The standard InChI is InChI=1S/C23H19ClN2O3S2/c1-29-21-12-11-19(24)13-22(21)31(27,28)25-14-16-7-9-18(10-8-16)23-26-20(15-30-23)17-5-3-2-4-6-17/h2-13,15,25H,14H2,1H3. The summed E-state index contributed by atoms with van der Waals surface area (Å²) in [6.07, 6.45) is 0. The number of thiazole rings is 1. The normalized spacial score (nSPS) is 11.4. The smallest absolute Gasteiger partial charge is 0.244 e. The second kappa shape index (κ2) is 9.20. The zero-order valence-corrected chi connectivity index (χ0v) is 19.0. The van der Waals surface area contributed by atoms with Gasteiger partial charge in [0.15, 0.2) is 0 Å². The number of nitrogens with zero attached hydrogens (tertiary/aromatic N) is 1. The Balaban J connectivity index is 1.47. The van der Waals surface area contributed by atoms with E-state index in [1.807, 2.05) is 60.0 Å². The van der Waals surface area contributed by atoms with Gasteiger partial charge in [-0.1, -0.05) is 66.2 Å². The number of ether oxygens (including phenoxy) is 1. The van der Waals surface area contributed by atoms with Crippen molar-refractivity contribution in [1.29, 1.82) is 0 Å². The van der Waals surface area contributed by atoms with Crippen LogP contribution in [0.4, 0.5) is 0 Å². The minimum atomic E-state index is -3.78. The van der Waals surface area contributed by atoms with Crippen LogP contribution in [0.2, 0.25) is 5.02 Å². The van der Waals surface area contributed by atoms with Crippen molar-refractivity contribution in [2.45, 2.75) is 11.4 Å². The van der Waals surface area contributed by atoms with Crippen molar-refractivity contribution < 1.29 is 13.2 Å². The molecule has 0 bridgehead atoms. The number of sulfonamides is 1. The highest BCUT2D eigenvalue weighted by molar-refractivity contribution is 7.89. The van der Waals surface area contributed by atoms with Gasteiger partial charge < -0.3 is 4.74 Å². The molecule has 31 heavy (non-hydrogen) atoms. The predicted octanol–water partition coefficient (Wildman–Crippen LogP) is 5.62. The minimum Gasteiger partial charge on any atom is -0.495 e. The number of aromatic nitrogens is 1. The maximum absolute atomic E-state index is 12.7. The molecule has 0 aliphatic rings. The van der Waals surface area contributed by atoms with E-state index in [4.69, 9.17) is 21.3 Å². The van der Waals surface area contributed by atoms with Gasteiger partial charge in [-0.25, -0.2) is 18.1 Å². The molecule has 0 amide bonds. The molecule has 158 valence electrons. The monoisotopic (exact) mass is 470 g/mol. The van der Waals surface area contributed by atoms with Crippen molar-refractivity contribution in [3.63, 3.8) is 0 Å². The highest BCUT2D eigenvalue weighted by Crippen LogP contribution is 2.29. The van der Waals surface area contributed by atoms with Crippen LogP contribution in [0.15, 0.2) is 83.1 Å². The van der Waals surface area contributed by atoms with Crippen molar-refractivity contribution in [3.8, 4) is 27.6 Å². The van der Waals surface area contributed by atoms with Crippen LogP contribution in [0.5, 0.6) is 5.75 Å². The first-order valence-electron chi connectivity index (χ1n) is 9.40. The van der Waals surface area contributed by atoms with Crippen LogP contribution in [0.25, 0.3) is 21.8 Å². The molecule has 1 aromatic heterocycles. The van der Waals surface area contributed by atoms with Gasteiger partial charge in [0.05, 0.1) is 12.8 Å². The van der Waals surface area contributed by atoms with E-state index in [0.29, 0.717) is 5.02 Å². The topological polar surface area (TPSA) is 68.3 Å². The first-order chi connectivity index (χ1) is 15.0. The molecule has 0 saturated heterocycles. The molecule has 0 radical (unpaired) electrons. The number of benzene rings is 3. The van der Waals surface area contributed by atoms with E-state index < -0.39 is 10.0 Å². The lowest BCUT2D eigenvalue weighted by Gasteiger charge is -2.11. The Morgan fingerprint density at radius 1 is 1.00 bits per heavy atom. The fraction of sp³-hybridized carbons (Fsp3) is 0.0870. The first kappa shape index (κ1) is 21.5. The SMILES string of the molecule is COc1ccc(Cl)cc1S(=O)(=O)NCc1ccc(-c2nc(-c3ccccc3)cs2)cc1. The van der Waals surface area contributed by atoms with Crippen LogP contribution < -0.4 is 9.46 Å². The second-order valence-electron chi connectivity index (χ2n) is 6.72. The average molecular weight is 471 g/mol. The summed E-state index contributed by atoms with van der Waals surface area (Å²) >= 11 is 7.54. The molecule has 0 atom stereocenters. The third kappa shape index (κ3) is 4.97. The van der Waals surface area contributed by atoms with E-state index in [-0.39, 0.29) is 17.2 Å². The molecule has 4 rings (SSSR count). The van der Waals surface area contributed by atoms with E-state index in [0.717, 1.165) is 27.4 Å². The summed E-state index contributed by atoms with van der Waals surface area (Å²) in [7, 11) is -2.36. The molecule has 0 fully saturated rings. The molecule has 4 aromatic rings. The van der Waals surface area contributed by atoms with Crippen LogP contribution in [0.1, 0.15) is 5.56 Å². The minimum absolute atomic E-state index is 0.00958. The predicted molar refractivity (Wildman–Crippen MR) is 125 cm³/mol.